The van der Waals surface area contributed by atoms with E-state index in [2.05, 4.69) is 49.7 Å². The van der Waals surface area contributed by atoms with Crippen molar-refractivity contribution in [2.24, 2.45) is 0 Å². The quantitative estimate of drug-likeness (QED) is 0.841. The number of halogens is 1. The van der Waals surface area contributed by atoms with Crippen LogP contribution in [-0.4, -0.2) is 6.04 Å². The summed E-state index contributed by atoms with van der Waals surface area (Å²) < 4.78 is 0. The van der Waals surface area contributed by atoms with Gasteiger partial charge in [-0.05, 0) is 47.2 Å². The number of hydrogen-bond acceptors (Lipinski definition) is 2. The van der Waals surface area contributed by atoms with E-state index in [1.54, 1.807) is 11.3 Å². The third-order valence-corrected chi connectivity index (χ3v) is 4.00. The minimum atomic E-state index is 0.473. The molecule has 0 atom stereocenters. The molecule has 0 bridgehead atoms. The van der Waals surface area contributed by atoms with Gasteiger partial charge in [0.05, 0.1) is 0 Å². The van der Waals surface area contributed by atoms with Gasteiger partial charge in [0.25, 0.3) is 0 Å². The van der Waals surface area contributed by atoms with Crippen LogP contribution in [0.25, 0.3) is 11.1 Å². The Morgan fingerprint density at radius 1 is 1.22 bits per heavy atom. The van der Waals surface area contributed by atoms with E-state index >= 15 is 0 Å². The van der Waals surface area contributed by atoms with E-state index in [9.17, 15) is 0 Å². The lowest BCUT2D eigenvalue weighted by molar-refractivity contribution is 0.589. The molecule has 2 aromatic rings. The molecule has 0 aliphatic rings. The van der Waals surface area contributed by atoms with Crippen molar-refractivity contribution in [2.75, 3.05) is 0 Å². The normalized spacial score (nSPS) is 11.2. The van der Waals surface area contributed by atoms with Crippen LogP contribution in [-0.2, 0) is 6.54 Å². The average Bonchev–Trinajstić information content (AvgIpc) is 2.73. The van der Waals surface area contributed by atoms with Crippen LogP contribution in [0.1, 0.15) is 24.3 Å². The van der Waals surface area contributed by atoms with Gasteiger partial charge in [0.15, 0.2) is 0 Å². The van der Waals surface area contributed by atoms with Crippen molar-refractivity contribution in [3.63, 3.8) is 0 Å². The highest BCUT2D eigenvalue weighted by Crippen LogP contribution is 2.31. The molecule has 18 heavy (non-hydrogen) atoms. The summed E-state index contributed by atoms with van der Waals surface area (Å²) in [4.78, 5) is 1.35. The number of nitrogens with one attached hydrogen (secondary N) is 1. The van der Waals surface area contributed by atoms with Crippen molar-refractivity contribution < 1.29 is 0 Å². The summed E-state index contributed by atoms with van der Waals surface area (Å²) >= 11 is 7.89. The van der Waals surface area contributed by atoms with Gasteiger partial charge in [-0.2, -0.15) is 0 Å². The Morgan fingerprint density at radius 2 is 2.00 bits per heavy atom. The molecule has 0 radical (unpaired) electrons. The topological polar surface area (TPSA) is 12.0 Å². The van der Waals surface area contributed by atoms with Gasteiger partial charge in [-0.25, -0.2) is 0 Å². The maximum atomic E-state index is 6.11. The zero-order valence-corrected chi connectivity index (χ0v) is 12.5. The first kappa shape index (κ1) is 13.6. The lowest BCUT2D eigenvalue weighted by Crippen LogP contribution is -2.22. The van der Waals surface area contributed by atoms with Crippen molar-refractivity contribution in [3.8, 4) is 11.1 Å². The number of aryl methyl sites for hydroxylation is 1. The molecule has 1 N–H and O–H groups in total. The van der Waals surface area contributed by atoms with Gasteiger partial charge in [0.1, 0.15) is 0 Å². The fourth-order valence-corrected chi connectivity index (χ4v) is 2.86. The van der Waals surface area contributed by atoms with Crippen LogP contribution in [0.15, 0.2) is 29.6 Å². The standard InChI is InChI=1S/C15H18ClNS/c1-10(2)17-9-12-8-13(16)4-5-15(12)14-6-7-18-11(14)3/h4-8,10,17H,9H2,1-3H3. The monoisotopic (exact) mass is 279 g/mol. The molecule has 0 saturated carbocycles. The molecule has 1 aromatic carbocycles. The Labute approximate surface area is 118 Å². The maximum Gasteiger partial charge on any atom is 0.0409 e. The zero-order valence-electron chi connectivity index (χ0n) is 11.0. The molecule has 0 spiro atoms. The molecular weight excluding hydrogens is 262 g/mol. The predicted molar refractivity (Wildman–Crippen MR) is 81.5 cm³/mol. The van der Waals surface area contributed by atoms with Crippen LogP contribution < -0.4 is 5.32 Å². The molecule has 0 aliphatic heterocycles. The first-order valence-corrected chi connectivity index (χ1v) is 7.40. The van der Waals surface area contributed by atoms with Crippen molar-refractivity contribution in [1.82, 2.24) is 5.32 Å². The van der Waals surface area contributed by atoms with E-state index in [4.69, 9.17) is 11.6 Å². The first-order valence-electron chi connectivity index (χ1n) is 6.14. The molecule has 0 amide bonds. The number of hydrogen-bond donors (Lipinski definition) is 1. The van der Waals surface area contributed by atoms with Crippen molar-refractivity contribution in [1.29, 1.82) is 0 Å². The minimum Gasteiger partial charge on any atom is -0.310 e. The fourth-order valence-electron chi connectivity index (χ4n) is 1.95. The molecule has 0 fully saturated rings. The number of thiophene rings is 1. The summed E-state index contributed by atoms with van der Waals surface area (Å²) in [5.74, 6) is 0. The highest BCUT2D eigenvalue weighted by atomic mass is 35.5. The smallest absolute Gasteiger partial charge is 0.0409 e. The lowest BCUT2D eigenvalue weighted by Gasteiger charge is -2.13. The molecule has 0 aliphatic carbocycles. The van der Waals surface area contributed by atoms with E-state index in [-0.39, 0.29) is 0 Å². The molecule has 0 saturated heterocycles. The van der Waals surface area contributed by atoms with Crippen LogP contribution in [0, 0.1) is 6.92 Å². The highest BCUT2D eigenvalue weighted by Gasteiger charge is 2.09. The van der Waals surface area contributed by atoms with Crippen LogP contribution in [0.5, 0.6) is 0 Å². The SMILES string of the molecule is Cc1sccc1-c1ccc(Cl)cc1CNC(C)C. The molecule has 0 unspecified atom stereocenters. The summed E-state index contributed by atoms with van der Waals surface area (Å²) in [6.45, 7) is 7.32. The average molecular weight is 280 g/mol. The van der Waals surface area contributed by atoms with Gasteiger partial charge < -0.3 is 5.32 Å². The Kier molecular flexibility index (Phi) is 4.44. The maximum absolute atomic E-state index is 6.11. The third-order valence-electron chi connectivity index (χ3n) is 2.92. The van der Waals surface area contributed by atoms with E-state index in [0.29, 0.717) is 6.04 Å². The Bertz CT molecular complexity index is 531. The molecule has 1 nitrogen and oxygen atoms in total. The summed E-state index contributed by atoms with van der Waals surface area (Å²) in [5.41, 5.74) is 3.86. The van der Waals surface area contributed by atoms with Gasteiger partial charge >= 0.3 is 0 Å². The van der Waals surface area contributed by atoms with Gasteiger partial charge in [-0.15, -0.1) is 11.3 Å². The molecule has 96 valence electrons. The fraction of sp³-hybridized carbons (Fsp3) is 0.333. The summed E-state index contributed by atoms with van der Waals surface area (Å²) in [5, 5.41) is 6.39. The van der Waals surface area contributed by atoms with Crippen LogP contribution in [0.4, 0.5) is 0 Å². The Morgan fingerprint density at radius 3 is 2.61 bits per heavy atom. The van der Waals surface area contributed by atoms with Gasteiger partial charge in [0, 0.05) is 22.5 Å². The van der Waals surface area contributed by atoms with E-state index in [0.717, 1.165) is 11.6 Å². The molecule has 1 heterocycles. The largest absolute Gasteiger partial charge is 0.310 e. The summed E-state index contributed by atoms with van der Waals surface area (Å²) in [7, 11) is 0. The van der Waals surface area contributed by atoms with Crippen molar-refractivity contribution in [2.45, 2.75) is 33.4 Å². The van der Waals surface area contributed by atoms with Crippen LogP contribution in [0.2, 0.25) is 5.02 Å². The second kappa shape index (κ2) is 5.87. The number of rotatable bonds is 4. The van der Waals surface area contributed by atoms with Crippen molar-refractivity contribution >= 4 is 22.9 Å². The van der Waals surface area contributed by atoms with Gasteiger partial charge in [-0.3, -0.25) is 0 Å². The zero-order chi connectivity index (χ0) is 13.1. The summed E-state index contributed by atoms with van der Waals surface area (Å²) in [6.07, 6.45) is 0. The van der Waals surface area contributed by atoms with Crippen LogP contribution >= 0.6 is 22.9 Å². The Hall–Kier alpha value is -0.830. The van der Waals surface area contributed by atoms with Gasteiger partial charge in [-0.1, -0.05) is 31.5 Å². The lowest BCUT2D eigenvalue weighted by atomic mass is 10.0. The van der Waals surface area contributed by atoms with Gasteiger partial charge in [0.2, 0.25) is 0 Å². The van der Waals surface area contributed by atoms with E-state index in [1.165, 1.54) is 21.6 Å². The molecular formula is C15H18ClNS. The number of benzene rings is 1. The van der Waals surface area contributed by atoms with Crippen molar-refractivity contribution in [3.05, 3.63) is 45.1 Å². The van der Waals surface area contributed by atoms with Crippen LogP contribution in [0.3, 0.4) is 0 Å². The first-order chi connectivity index (χ1) is 8.58. The molecule has 3 heteroatoms. The van der Waals surface area contributed by atoms with E-state index in [1.807, 2.05) is 6.07 Å². The molecule has 2 rings (SSSR count). The third kappa shape index (κ3) is 3.14. The highest BCUT2D eigenvalue weighted by molar-refractivity contribution is 7.10. The molecule has 1 aromatic heterocycles. The summed E-state index contributed by atoms with van der Waals surface area (Å²) in [6, 6.07) is 8.80. The second-order valence-electron chi connectivity index (χ2n) is 4.73. The predicted octanol–water partition coefficient (Wildman–Crippen LogP) is 4.87. The Balaban J connectivity index is 2.37. The van der Waals surface area contributed by atoms with E-state index < -0.39 is 0 Å². The second-order valence-corrected chi connectivity index (χ2v) is 6.28. The minimum absolute atomic E-state index is 0.473.